The fourth-order valence-corrected chi connectivity index (χ4v) is 1.93. The smallest absolute Gasteiger partial charge is 0.337 e. The van der Waals surface area contributed by atoms with E-state index < -0.39 is 6.04 Å². The van der Waals surface area contributed by atoms with Crippen molar-refractivity contribution in [3.63, 3.8) is 0 Å². The van der Waals surface area contributed by atoms with E-state index in [-0.39, 0.29) is 17.3 Å². The van der Waals surface area contributed by atoms with Crippen molar-refractivity contribution in [1.29, 1.82) is 0 Å². The SMILES string of the molecule is COC(=O)c1ccc(CNC(C(N)=O)C(C)(C)C)cc1. The van der Waals surface area contributed by atoms with Crippen LogP contribution in [0, 0.1) is 5.41 Å². The lowest BCUT2D eigenvalue weighted by Gasteiger charge is -2.28. The van der Waals surface area contributed by atoms with E-state index in [1.54, 1.807) is 12.1 Å². The standard InChI is InChI=1S/C15H22N2O3/c1-15(2,3)12(13(16)18)17-9-10-5-7-11(8-6-10)14(19)20-4/h5-8,12,17H,9H2,1-4H3,(H2,16,18). The van der Waals surface area contributed by atoms with Crippen LogP contribution in [-0.2, 0) is 16.1 Å². The van der Waals surface area contributed by atoms with E-state index in [0.717, 1.165) is 5.56 Å². The Balaban J connectivity index is 2.70. The molecule has 0 aliphatic heterocycles. The fraction of sp³-hybridized carbons (Fsp3) is 0.467. The van der Waals surface area contributed by atoms with Crippen molar-refractivity contribution < 1.29 is 14.3 Å². The van der Waals surface area contributed by atoms with Crippen molar-refractivity contribution >= 4 is 11.9 Å². The molecule has 5 nitrogen and oxygen atoms in total. The molecule has 0 aliphatic rings. The monoisotopic (exact) mass is 278 g/mol. The van der Waals surface area contributed by atoms with E-state index in [0.29, 0.717) is 12.1 Å². The van der Waals surface area contributed by atoms with E-state index in [2.05, 4.69) is 10.1 Å². The molecule has 110 valence electrons. The Morgan fingerprint density at radius 2 is 1.80 bits per heavy atom. The molecular weight excluding hydrogens is 256 g/mol. The number of primary amides is 1. The minimum Gasteiger partial charge on any atom is -0.465 e. The Kier molecular flexibility index (Phi) is 5.27. The third-order valence-corrected chi connectivity index (χ3v) is 3.04. The van der Waals surface area contributed by atoms with Crippen LogP contribution in [0.25, 0.3) is 0 Å². The molecule has 0 aliphatic carbocycles. The van der Waals surface area contributed by atoms with Crippen LogP contribution in [0.2, 0.25) is 0 Å². The van der Waals surface area contributed by atoms with Gasteiger partial charge in [-0.3, -0.25) is 4.79 Å². The number of carbonyl (C=O) groups is 2. The van der Waals surface area contributed by atoms with Crippen molar-refractivity contribution in [2.24, 2.45) is 11.1 Å². The molecule has 1 unspecified atom stereocenters. The summed E-state index contributed by atoms with van der Waals surface area (Å²) in [6.45, 7) is 6.37. The zero-order chi connectivity index (χ0) is 15.3. The summed E-state index contributed by atoms with van der Waals surface area (Å²) in [5.74, 6) is -0.738. The van der Waals surface area contributed by atoms with Gasteiger partial charge in [0.1, 0.15) is 0 Å². The summed E-state index contributed by atoms with van der Waals surface area (Å²) in [7, 11) is 1.35. The Bertz CT molecular complexity index is 475. The number of carbonyl (C=O) groups excluding carboxylic acids is 2. The third-order valence-electron chi connectivity index (χ3n) is 3.04. The average molecular weight is 278 g/mol. The highest BCUT2D eigenvalue weighted by molar-refractivity contribution is 5.89. The Hall–Kier alpha value is -1.88. The maximum atomic E-state index is 11.4. The number of benzene rings is 1. The highest BCUT2D eigenvalue weighted by Crippen LogP contribution is 2.19. The molecule has 1 atom stereocenters. The predicted octanol–water partition coefficient (Wildman–Crippen LogP) is 1.46. The van der Waals surface area contributed by atoms with Gasteiger partial charge in [0.15, 0.2) is 0 Å². The zero-order valence-electron chi connectivity index (χ0n) is 12.4. The first-order valence-corrected chi connectivity index (χ1v) is 6.45. The predicted molar refractivity (Wildman–Crippen MR) is 77.1 cm³/mol. The van der Waals surface area contributed by atoms with Gasteiger partial charge in [-0.2, -0.15) is 0 Å². The number of hydrogen-bond acceptors (Lipinski definition) is 4. The minimum atomic E-state index is -0.414. The first-order valence-electron chi connectivity index (χ1n) is 6.45. The van der Waals surface area contributed by atoms with Gasteiger partial charge in [-0.1, -0.05) is 32.9 Å². The summed E-state index contributed by atoms with van der Waals surface area (Å²) in [4.78, 5) is 22.8. The summed E-state index contributed by atoms with van der Waals surface area (Å²) in [5, 5.41) is 3.15. The number of amides is 1. The molecule has 0 aromatic heterocycles. The van der Waals surface area contributed by atoms with Crippen molar-refractivity contribution in [2.75, 3.05) is 7.11 Å². The number of esters is 1. The van der Waals surface area contributed by atoms with Crippen molar-refractivity contribution in [3.05, 3.63) is 35.4 Å². The summed E-state index contributed by atoms with van der Waals surface area (Å²) >= 11 is 0. The summed E-state index contributed by atoms with van der Waals surface area (Å²) in [5.41, 5.74) is 6.62. The van der Waals surface area contributed by atoms with Crippen molar-refractivity contribution in [1.82, 2.24) is 5.32 Å². The Morgan fingerprint density at radius 1 is 1.25 bits per heavy atom. The van der Waals surface area contributed by atoms with Gasteiger partial charge in [0.25, 0.3) is 0 Å². The lowest BCUT2D eigenvalue weighted by molar-refractivity contribution is -0.122. The van der Waals surface area contributed by atoms with E-state index in [9.17, 15) is 9.59 Å². The third kappa shape index (κ3) is 4.35. The maximum absolute atomic E-state index is 11.4. The number of ether oxygens (including phenoxy) is 1. The zero-order valence-corrected chi connectivity index (χ0v) is 12.4. The second-order valence-corrected chi connectivity index (χ2v) is 5.77. The van der Waals surface area contributed by atoms with Crippen LogP contribution in [0.4, 0.5) is 0 Å². The summed E-state index contributed by atoms with van der Waals surface area (Å²) in [6, 6.07) is 6.61. The van der Waals surface area contributed by atoms with Gasteiger partial charge >= 0.3 is 5.97 Å². The van der Waals surface area contributed by atoms with Crippen LogP contribution >= 0.6 is 0 Å². The topological polar surface area (TPSA) is 81.4 Å². The van der Waals surface area contributed by atoms with E-state index in [1.807, 2.05) is 32.9 Å². The molecule has 0 radical (unpaired) electrons. The first-order chi connectivity index (χ1) is 9.25. The minimum absolute atomic E-state index is 0.252. The molecule has 0 fully saturated rings. The maximum Gasteiger partial charge on any atom is 0.337 e. The largest absolute Gasteiger partial charge is 0.465 e. The summed E-state index contributed by atoms with van der Waals surface area (Å²) < 4.78 is 4.63. The lowest BCUT2D eigenvalue weighted by Crippen LogP contribution is -2.49. The van der Waals surface area contributed by atoms with Gasteiger partial charge in [0, 0.05) is 6.54 Å². The van der Waals surface area contributed by atoms with Gasteiger partial charge in [-0.15, -0.1) is 0 Å². The number of rotatable bonds is 5. The van der Waals surface area contributed by atoms with E-state index in [1.165, 1.54) is 7.11 Å². The van der Waals surface area contributed by atoms with Crippen LogP contribution in [0.15, 0.2) is 24.3 Å². The second-order valence-electron chi connectivity index (χ2n) is 5.77. The molecule has 5 heteroatoms. The van der Waals surface area contributed by atoms with Gasteiger partial charge in [0.2, 0.25) is 5.91 Å². The molecular formula is C15H22N2O3. The molecule has 0 spiro atoms. The number of hydrogen-bond donors (Lipinski definition) is 2. The van der Waals surface area contributed by atoms with Gasteiger partial charge in [-0.05, 0) is 23.1 Å². The number of nitrogens with two attached hydrogens (primary N) is 1. The number of nitrogens with one attached hydrogen (secondary N) is 1. The molecule has 0 saturated heterocycles. The van der Waals surface area contributed by atoms with Crippen molar-refractivity contribution in [3.8, 4) is 0 Å². The highest BCUT2D eigenvalue weighted by atomic mass is 16.5. The number of methoxy groups -OCH3 is 1. The van der Waals surface area contributed by atoms with Gasteiger partial charge in [0.05, 0.1) is 18.7 Å². The molecule has 3 N–H and O–H groups in total. The van der Waals surface area contributed by atoms with Crippen molar-refractivity contribution in [2.45, 2.75) is 33.4 Å². The summed E-state index contributed by atoms with van der Waals surface area (Å²) in [6.07, 6.45) is 0. The Labute approximate surface area is 119 Å². The highest BCUT2D eigenvalue weighted by Gasteiger charge is 2.28. The van der Waals surface area contributed by atoms with Gasteiger partial charge in [-0.25, -0.2) is 4.79 Å². The lowest BCUT2D eigenvalue weighted by atomic mass is 9.86. The first kappa shape index (κ1) is 16.2. The van der Waals surface area contributed by atoms with Crippen LogP contribution in [0.5, 0.6) is 0 Å². The van der Waals surface area contributed by atoms with Crippen LogP contribution in [0.1, 0.15) is 36.7 Å². The normalized spacial score (nSPS) is 12.8. The van der Waals surface area contributed by atoms with Crippen LogP contribution in [-0.4, -0.2) is 25.0 Å². The van der Waals surface area contributed by atoms with E-state index in [4.69, 9.17) is 5.73 Å². The van der Waals surface area contributed by atoms with E-state index >= 15 is 0 Å². The molecule has 0 heterocycles. The molecule has 0 saturated carbocycles. The quantitative estimate of drug-likeness (QED) is 0.799. The molecule has 0 bridgehead atoms. The Morgan fingerprint density at radius 3 is 2.20 bits per heavy atom. The molecule has 1 amide bonds. The molecule has 1 aromatic rings. The fourth-order valence-electron chi connectivity index (χ4n) is 1.93. The molecule has 1 rings (SSSR count). The second kappa shape index (κ2) is 6.52. The van der Waals surface area contributed by atoms with Crippen LogP contribution in [0.3, 0.4) is 0 Å². The molecule has 1 aromatic carbocycles. The van der Waals surface area contributed by atoms with Crippen LogP contribution < -0.4 is 11.1 Å². The van der Waals surface area contributed by atoms with Gasteiger partial charge < -0.3 is 15.8 Å². The molecule has 20 heavy (non-hydrogen) atoms. The average Bonchev–Trinajstić information content (AvgIpc) is 2.36.